The second-order valence-electron chi connectivity index (χ2n) is 5.82. The van der Waals surface area contributed by atoms with E-state index in [2.05, 4.69) is 29.3 Å². The molecule has 0 radical (unpaired) electrons. The van der Waals surface area contributed by atoms with Crippen molar-refractivity contribution in [1.82, 2.24) is 10.2 Å². The second-order valence-corrected chi connectivity index (χ2v) is 5.82. The Labute approximate surface area is 139 Å². The minimum absolute atomic E-state index is 0.718. The average Bonchev–Trinajstić information content (AvgIpc) is 2.61. The zero-order valence-corrected chi connectivity index (χ0v) is 14.5. The first-order chi connectivity index (χ1) is 11.3. The SMILES string of the molecule is CCCOc1ccc(CNCCCN2CCOCC2)cc1OC. The van der Waals surface area contributed by atoms with Crippen molar-refractivity contribution in [1.29, 1.82) is 0 Å². The molecule has 0 saturated carbocycles. The fraction of sp³-hybridized carbons (Fsp3) is 0.667. The van der Waals surface area contributed by atoms with Gasteiger partial charge >= 0.3 is 0 Å². The number of morpholine rings is 1. The average molecular weight is 322 g/mol. The van der Waals surface area contributed by atoms with Crippen LogP contribution >= 0.6 is 0 Å². The summed E-state index contributed by atoms with van der Waals surface area (Å²) in [4.78, 5) is 2.47. The highest BCUT2D eigenvalue weighted by Gasteiger charge is 2.09. The smallest absolute Gasteiger partial charge is 0.161 e. The minimum Gasteiger partial charge on any atom is -0.493 e. The molecule has 0 aromatic heterocycles. The molecule has 1 aliphatic rings. The maximum absolute atomic E-state index is 5.68. The number of nitrogens with zero attached hydrogens (tertiary/aromatic N) is 1. The number of hydrogen-bond donors (Lipinski definition) is 1. The van der Waals surface area contributed by atoms with E-state index in [1.165, 1.54) is 5.56 Å². The third-order valence-electron chi connectivity index (χ3n) is 3.95. The van der Waals surface area contributed by atoms with Crippen LogP contribution in [0.25, 0.3) is 0 Å². The van der Waals surface area contributed by atoms with E-state index < -0.39 is 0 Å². The Bertz CT molecular complexity index is 448. The van der Waals surface area contributed by atoms with Crippen molar-refractivity contribution in [3.63, 3.8) is 0 Å². The highest BCUT2D eigenvalue weighted by atomic mass is 16.5. The first-order valence-corrected chi connectivity index (χ1v) is 8.64. The van der Waals surface area contributed by atoms with Gasteiger partial charge in [-0.1, -0.05) is 13.0 Å². The van der Waals surface area contributed by atoms with Gasteiger partial charge in [0.1, 0.15) is 0 Å². The Hall–Kier alpha value is -1.30. The van der Waals surface area contributed by atoms with Crippen LogP contribution in [0.4, 0.5) is 0 Å². The zero-order chi connectivity index (χ0) is 16.3. The molecule has 0 aliphatic carbocycles. The Morgan fingerprint density at radius 1 is 1.22 bits per heavy atom. The fourth-order valence-corrected chi connectivity index (χ4v) is 2.64. The van der Waals surface area contributed by atoms with Crippen LogP contribution in [-0.2, 0) is 11.3 Å². The number of nitrogens with one attached hydrogen (secondary N) is 1. The molecule has 1 aliphatic heterocycles. The van der Waals surface area contributed by atoms with Gasteiger partial charge in [0.25, 0.3) is 0 Å². The standard InChI is InChI=1S/C18H30N2O3/c1-3-11-23-17-6-5-16(14-18(17)21-2)15-19-7-4-8-20-9-12-22-13-10-20/h5-6,14,19H,3-4,7-13,15H2,1-2H3. The lowest BCUT2D eigenvalue weighted by Gasteiger charge is -2.26. The van der Waals surface area contributed by atoms with Crippen molar-refractivity contribution in [3.05, 3.63) is 23.8 Å². The van der Waals surface area contributed by atoms with Crippen molar-refractivity contribution < 1.29 is 14.2 Å². The maximum atomic E-state index is 5.68. The summed E-state index contributed by atoms with van der Waals surface area (Å²) >= 11 is 0. The molecular formula is C18H30N2O3. The summed E-state index contributed by atoms with van der Waals surface area (Å²) in [5.41, 5.74) is 1.22. The Balaban J connectivity index is 1.68. The van der Waals surface area contributed by atoms with Gasteiger partial charge in [-0.15, -0.1) is 0 Å². The molecule has 1 fully saturated rings. The van der Waals surface area contributed by atoms with Gasteiger partial charge in [0.05, 0.1) is 26.9 Å². The normalized spacial score (nSPS) is 15.6. The van der Waals surface area contributed by atoms with Crippen LogP contribution in [0.1, 0.15) is 25.3 Å². The van der Waals surface area contributed by atoms with Gasteiger partial charge in [-0.2, -0.15) is 0 Å². The van der Waals surface area contributed by atoms with Gasteiger partial charge in [0.2, 0.25) is 0 Å². The molecule has 1 heterocycles. The molecule has 1 saturated heterocycles. The lowest BCUT2D eigenvalue weighted by atomic mass is 10.2. The highest BCUT2D eigenvalue weighted by Crippen LogP contribution is 2.28. The molecule has 130 valence electrons. The fourth-order valence-electron chi connectivity index (χ4n) is 2.64. The number of ether oxygens (including phenoxy) is 3. The topological polar surface area (TPSA) is 43.0 Å². The second kappa shape index (κ2) is 10.5. The lowest BCUT2D eigenvalue weighted by Crippen LogP contribution is -2.37. The van der Waals surface area contributed by atoms with E-state index in [4.69, 9.17) is 14.2 Å². The monoisotopic (exact) mass is 322 g/mol. The van der Waals surface area contributed by atoms with Crippen LogP contribution in [0.15, 0.2) is 18.2 Å². The summed E-state index contributed by atoms with van der Waals surface area (Å²) in [5, 5.41) is 3.50. The summed E-state index contributed by atoms with van der Waals surface area (Å²) in [6.07, 6.45) is 2.16. The Kier molecular flexibility index (Phi) is 8.21. The first-order valence-electron chi connectivity index (χ1n) is 8.64. The number of hydrogen-bond acceptors (Lipinski definition) is 5. The molecule has 0 atom stereocenters. The van der Waals surface area contributed by atoms with Crippen LogP contribution in [-0.4, -0.2) is 58.0 Å². The van der Waals surface area contributed by atoms with E-state index in [1.54, 1.807) is 7.11 Å². The Morgan fingerprint density at radius 3 is 2.78 bits per heavy atom. The lowest BCUT2D eigenvalue weighted by molar-refractivity contribution is 0.0374. The van der Waals surface area contributed by atoms with E-state index in [1.807, 2.05) is 6.07 Å². The third-order valence-corrected chi connectivity index (χ3v) is 3.95. The summed E-state index contributed by atoms with van der Waals surface area (Å²) in [5.74, 6) is 1.64. The van der Waals surface area contributed by atoms with Crippen molar-refractivity contribution in [2.24, 2.45) is 0 Å². The predicted octanol–water partition coefficient (Wildman–Crippen LogP) is 2.30. The van der Waals surface area contributed by atoms with E-state index in [9.17, 15) is 0 Å². The number of methoxy groups -OCH3 is 1. The van der Waals surface area contributed by atoms with Crippen LogP contribution in [0.3, 0.4) is 0 Å². The highest BCUT2D eigenvalue weighted by molar-refractivity contribution is 5.42. The maximum Gasteiger partial charge on any atom is 0.161 e. The van der Waals surface area contributed by atoms with Gasteiger partial charge in [-0.3, -0.25) is 4.90 Å². The first kappa shape index (κ1) is 18.0. The largest absolute Gasteiger partial charge is 0.493 e. The molecule has 1 aromatic carbocycles. The molecule has 5 nitrogen and oxygen atoms in total. The van der Waals surface area contributed by atoms with Gasteiger partial charge in [-0.05, 0) is 43.6 Å². The van der Waals surface area contributed by atoms with Gasteiger partial charge < -0.3 is 19.5 Å². The van der Waals surface area contributed by atoms with Crippen LogP contribution in [0.2, 0.25) is 0 Å². The summed E-state index contributed by atoms with van der Waals surface area (Å²) in [7, 11) is 1.69. The molecule has 2 rings (SSSR count). The van der Waals surface area contributed by atoms with Crippen LogP contribution in [0.5, 0.6) is 11.5 Å². The van der Waals surface area contributed by atoms with Crippen molar-refractivity contribution in [2.45, 2.75) is 26.3 Å². The molecule has 0 spiro atoms. The quantitative estimate of drug-likeness (QED) is 0.670. The van der Waals surface area contributed by atoms with E-state index >= 15 is 0 Å². The molecule has 0 unspecified atom stereocenters. The van der Waals surface area contributed by atoms with Crippen LogP contribution < -0.4 is 14.8 Å². The summed E-state index contributed by atoms with van der Waals surface area (Å²) in [6.45, 7) is 9.72. The molecule has 0 bridgehead atoms. The van der Waals surface area contributed by atoms with Gasteiger partial charge in [0, 0.05) is 19.6 Å². The molecule has 1 aromatic rings. The van der Waals surface area contributed by atoms with Crippen molar-refractivity contribution in [2.75, 3.05) is 53.1 Å². The summed E-state index contributed by atoms with van der Waals surface area (Å²) in [6, 6.07) is 6.15. The van der Waals surface area contributed by atoms with Crippen LogP contribution in [0, 0.1) is 0 Å². The number of rotatable bonds is 10. The predicted molar refractivity (Wildman–Crippen MR) is 92.4 cm³/mol. The molecule has 5 heteroatoms. The van der Waals surface area contributed by atoms with Crippen molar-refractivity contribution in [3.8, 4) is 11.5 Å². The van der Waals surface area contributed by atoms with E-state index in [-0.39, 0.29) is 0 Å². The minimum atomic E-state index is 0.718. The summed E-state index contributed by atoms with van der Waals surface area (Å²) < 4.78 is 16.5. The Morgan fingerprint density at radius 2 is 2.04 bits per heavy atom. The van der Waals surface area contributed by atoms with Crippen molar-refractivity contribution >= 4 is 0 Å². The van der Waals surface area contributed by atoms with Gasteiger partial charge in [-0.25, -0.2) is 0 Å². The van der Waals surface area contributed by atoms with E-state index in [0.717, 1.165) is 76.9 Å². The molecule has 0 amide bonds. The third kappa shape index (κ3) is 6.37. The zero-order valence-electron chi connectivity index (χ0n) is 14.5. The van der Waals surface area contributed by atoms with E-state index in [0.29, 0.717) is 0 Å². The molecular weight excluding hydrogens is 292 g/mol. The number of benzene rings is 1. The van der Waals surface area contributed by atoms with Gasteiger partial charge in [0.15, 0.2) is 11.5 Å². The molecule has 23 heavy (non-hydrogen) atoms. The molecule has 1 N–H and O–H groups in total.